The van der Waals surface area contributed by atoms with Gasteiger partial charge in [-0.2, -0.15) is 0 Å². The second kappa shape index (κ2) is 4.63. The summed E-state index contributed by atoms with van der Waals surface area (Å²) in [6.45, 7) is 0. The van der Waals surface area contributed by atoms with Crippen LogP contribution in [0.2, 0.25) is 0 Å². The summed E-state index contributed by atoms with van der Waals surface area (Å²) in [6, 6.07) is 18.1. The molecule has 2 heterocycles. The van der Waals surface area contributed by atoms with Gasteiger partial charge in [0.15, 0.2) is 0 Å². The highest BCUT2D eigenvalue weighted by Gasteiger charge is 2.31. The molecule has 3 nitrogen and oxygen atoms in total. The first kappa shape index (κ1) is 12.0. The van der Waals surface area contributed by atoms with Crippen LogP contribution in [-0.2, 0) is 4.79 Å². The van der Waals surface area contributed by atoms with E-state index >= 15 is 0 Å². The molecule has 102 valence electrons. The normalized spacial score (nSPS) is 19.4. The summed E-state index contributed by atoms with van der Waals surface area (Å²) in [5, 5.41) is 3.03. The van der Waals surface area contributed by atoms with Gasteiger partial charge in [0, 0.05) is 17.8 Å². The van der Waals surface area contributed by atoms with Gasteiger partial charge < -0.3 is 10.2 Å². The third-order valence-corrected chi connectivity index (χ3v) is 3.88. The van der Waals surface area contributed by atoms with Crippen molar-refractivity contribution in [2.45, 2.75) is 6.17 Å². The molecule has 1 N–H and O–H groups in total. The maximum Gasteiger partial charge on any atom is 0.247 e. The number of carbonyl (C=O) groups excluding carboxylic acids is 1. The van der Waals surface area contributed by atoms with Crippen LogP contribution in [0.4, 0.5) is 0 Å². The number of fused-ring (bicyclic) bond motifs is 3. The van der Waals surface area contributed by atoms with Crippen LogP contribution in [-0.4, -0.2) is 10.8 Å². The van der Waals surface area contributed by atoms with Crippen LogP contribution in [0, 0.1) is 0 Å². The summed E-state index contributed by atoms with van der Waals surface area (Å²) >= 11 is 0. The third kappa shape index (κ3) is 1.94. The Morgan fingerprint density at radius 3 is 2.57 bits per heavy atom. The van der Waals surface area contributed by atoms with E-state index in [0.717, 1.165) is 22.4 Å². The van der Waals surface area contributed by atoms with E-state index in [1.165, 1.54) is 0 Å². The summed E-state index contributed by atoms with van der Waals surface area (Å²) in [5.41, 5.74) is 4.24. The number of amides is 1. The second-order valence-electron chi connectivity index (χ2n) is 5.16. The first-order chi connectivity index (χ1) is 10.3. The van der Waals surface area contributed by atoms with Crippen molar-refractivity contribution < 1.29 is 4.79 Å². The number of benzene rings is 2. The molecule has 0 spiro atoms. The Hall–Kier alpha value is -2.81. The molecule has 0 saturated heterocycles. The maximum absolute atomic E-state index is 12.1. The summed E-state index contributed by atoms with van der Waals surface area (Å²) in [6.07, 6.45) is 5.63. The van der Waals surface area contributed by atoms with Crippen molar-refractivity contribution in [1.82, 2.24) is 10.2 Å². The Morgan fingerprint density at radius 2 is 1.71 bits per heavy atom. The first-order valence-electron chi connectivity index (χ1n) is 6.96. The predicted octanol–water partition coefficient (Wildman–Crippen LogP) is 3.14. The minimum absolute atomic E-state index is 0.0554. The lowest BCUT2D eigenvalue weighted by atomic mass is 9.97. The van der Waals surface area contributed by atoms with Gasteiger partial charge in [-0.05, 0) is 17.2 Å². The zero-order chi connectivity index (χ0) is 14.2. The van der Waals surface area contributed by atoms with E-state index in [2.05, 4.69) is 28.4 Å². The Morgan fingerprint density at radius 1 is 0.952 bits per heavy atom. The molecule has 0 unspecified atom stereocenters. The lowest BCUT2D eigenvalue weighted by molar-refractivity contribution is -0.118. The molecule has 0 aliphatic carbocycles. The van der Waals surface area contributed by atoms with Crippen LogP contribution in [0.25, 0.3) is 11.8 Å². The summed E-state index contributed by atoms with van der Waals surface area (Å²) < 4.78 is 0. The van der Waals surface area contributed by atoms with Gasteiger partial charge >= 0.3 is 0 Å². The van der Waals surface area contributed by atoms with Gasteiger partial charge in [-0.15, -0.1) is 0 Å². The van der Waals surface area contributed by atoms with Crippen LogP contribution in [0.3, 0.4) is 0 Å². The fourth-order valence-corrected chi connectivity index (χ4v) is 2.89. The molecular weight excluding hydrogens is 260 g/mol. The topological polar surface area (TPSA) is 32.3 Å². The Kier molecular flexibility index (Phi) is 2.64. The smallest absolute Gasteiger partial charge is 0.247 e. The van der Waals surface area contributed by atoms with Gasteiger partial charge in [-0.1, -0.05) is 54.6 Å². The number of nitrogens with one attached hydrogen (secondary N) is 1. The zero-order valence-corrected chi connectivity index (χ0v) is 11.4. The van der Waals surface area contributed by atoms with Gasteiger partial charge in [-0.3, -0.25) is 4.79 Å². The van der Waals surface area contributed by atoms with Gasteiger partial charge in [-0.25, -0.2) is 0 Å². The molecule has 0 aromatic heterocycles. The van der Waals surface area contributed by atoms with E-state index in [1.54, 1.807) is 6.08 Å². The number of carbonyl (C=O) groups is 1. The fourth-order valence-electron chi connectivity index (χ4n) is 2.89. The van der Waals surface area contributed by atoms with Crippen LogP contribution >= 0.6 is 0 Å². The zero-order valence-electron chi connectivity index (χ0n) is 11.4. The Balaban J connectivity index is 1.84. The van der Waals surface area contributed by atoms with Crippen molar-refractivity contribution in [1.29, 1.82) is 0 Å². The van der Waals surface area contributed by atoms with Gasteiger partial charge in [0.25, 0.3) is 0 Å². The van der Waals surface area contributed by atoms with Crippen LogP contribution in [0.1, 0.15) is 22.9 Å². The highest BCUT2D eigenvalue weighted by molar-refractivity contribution is 5.97. The molecule has 0 radical (unpaired) electrons. The van der Waals surface area contributed by atoms with Gasteiger partial charge in [0.05, 0.1) is 5.70 Å². The van der Waals surface area contributed by atoms with Crippen LogP contribution in [0.15, 0.2) is 66.9 Å². The molecule has 4 rings (SSSR count). The lowest BCUT2D eigenvalue weighted by Gasteiger charge is -2.39. The highest BCUT2D eigenvalue weighted by atomic mass is 16.1. The van der Waals surface area contributed by atoms with E-state index in [9.17, 15) is 4.79 Å². The monoisotopic (exact) mass is 274 g/mol. The average Bonchev–Trinajstić information content (AvgIpc) is 2.55. The SMILES string of the molecule is O=C1C=C(c2ccccc2)N2C=Cc3ccccc3[C@@H]2N1. The van der Waals surface area contributed by atoms with Crippen molar-refractivity contribution >= 4 is 17.7 Å². The molecule has 0 saturated carbocycles. The highest BCUT2D eigenvalue weighted by Crippen LogP contribution is 2.36. The van der Waals surface area contributed by atoms with Crippen molar-refractivity contribution in [2.24, 2.45) is 0 Å². The summed E-state index contributed by atoms with van der Waals surface area (Å²) in [5.74, 6) is -0.0554. The van der Waals surface area contributed by atoms with Gasteiger partial charge in [0.1, 0.15) is 6.17 Å². The summed E-state index contributed by atoms with van der Waals surface area (Å²) in [4.78, 5) is 14.2. The number of hydrogen-bond donors (Lipinski definition) is 1. The Bertz CT molecular complexity index is 762. The van der Waals surface area contributed by atoms with Crippen molar-refractivity contribution in [3.63, 3.8) is 0 Å². The molecule has 2 aliphatic rings. The molecule has 3 heteroatoms. The van der Waals surface area contributed by atoms with Crippen LogP contribution < -0.4 is 5.32 Å². The molecule has 2 aromatic carbocycles. The fraction of sp³-hybridized carbons (Fsp3) is 0.0556. The number of rotatable bonds is 1. The quantitative estimate of drug-likeness (QED) is 0.866. The van der Waals surface area contributed by atoms with Crippen molar-refractivity contribution in [3.8, 4) is 0 Å². The molecule has 2 aromatic rings. The van der Waals surface area contributed by atoms with E-state index in [4.69, 9.17) is 0 Å². The minimum Gasteiger partial charge on any atom is -0.328 e. The number of nitrogens with zero attached hydrogens (tertiary/aromatic N) is 1. The first-order valence-corrected chi connectivity index (χ1v) is 6.96. The third-order valence-electron chi connectivity index (χ3n) is 3.88. The van der Waals surface area contributed by atoms with Crippen molar-refractivity contribution in [2.75, 3.05) is 0 Å². The van der Waals surface area contributed by atoms with Crippen molar-refractivity contribution in [3.05, 3.63) is 83.6 Å². The molecule has 2 aliphatic heterocycles. The molecular formula is C18H14N2O. The molecule has 0 bridgehead atoms. The second-order valence-corrected chi connectivity index (χ2v) is 5.16. The molecule has 0 fully saturated rings. The van der Waals surface area contributed by atoms with E-state index in [0.29, 0.717) is 0 Å². The largest absolute Gasteiger partial charge is 0.328 e. The average molecular weight is 274 g/mol. The lowest BCUT2D eigenvalue weighted by Crippen LogP contribution is -2.42. The summed E-state index contributed by atoms with van der Waals surface area (Å²) in [7, 11) is 0. The Labute approximate surface area is 123 Å². The van der Waals surface area contributed by atoms with E-state index < -0.39 is 0 Å². The molecule has 1 atom stereocenters. The predicted molar refractivity (Wildman–Crippen MR) is 82.6 cm³/mol. The maximum atomic E-state index is 12.1. The minimum atomic E-state index is -0.140. The molecule has 1 amide bonds. The van der Waals surface area contributed by atoms with E-state index in [1.807, 2.05) is 48.7 Å². The standard InChI is InChI=1S/C18H14N2O/c21-17-12-16(14-7-2-1-3-8-14)20-11-10-13-6-4-5-9-15(13)18(20)19-17/h1-12,18H,(H,19,21)/t18-/m1/s1. The van der Waals surface area contributed by atoms with Crippen LogP contribution in [0.5, 0.6) is 0 Å². The van der Waals surface area contributed by atoms with Gasteiger partial charge in [0.2, 0.25) is 5.91 Å². The number of hydrogen-bond acceptors (Lipinski definition) is 2. The molecule has 21 heavy (non-hydrogen) atoms. The van der Waals surface area contributed by atoms with E-state index in [-0.39, 0.29) is 12.1 Å².